The van der Waals surface area contributed by atoms with Gasteiger partial charge in [-0.1, -0.05) is 6.08 Å². The van der Waals surface area contributed by atoms with Crippen LogP contribution in [0.15, 0.2) is 12.7 Å². The first-order valence-corrected chi connectivity index (χ1v) is 6.31. The Morgan fingerprint density at radius 3 is 3.00 bits per heavy atom. The van der Waals surface area contributed by atoms with Gasteiger partial charge >= 0.3 is 0 Å². The van der Waals surface area contributed by atoms with Gasteiger partial charge in [0.2, 0.25) is 0 Å². The van der Waals surface area contributed by atoms with Crippen molar-refractivity contribution in [3.05, 3.63) is 12.7 Å². The topological polar surface area (TPSA) is 9.23 Å². The van der Waals surface area contributed by atoms with E-state index in [1.807, 2.05) is 11.8 Å². The molecule has 0 aromatic rings. The highest BCUT2D eigenvalue weighted by Gasteiger charge is 2.57. The Kier molecular flexibility index (Phi) is 2.45. The van der Waals surface area contributed by atoms with Crippen molar-refractivity contribution in [1.29, 1.82) is 0 Å². The summed E-state index contributed by atoms with van der Waals surface area (Å²) in [4.78, 5) is 0.140. The van der Waals surface area contributed by atoms with Crippen molar-refractivity contribution in [2.75, 3.05) is 12.9 Å². The van der Waals surface area contributed by atoms with Gasteiger partial charge < -0.3 is 4.74 Å². The molecule has 0 amide bonds. The molecule has 74 valence electrons. The third-order valence-electron chi connectivity index (χ3n) is 3.75. The van der Waals surface area contributed by atoms with Gasteiger partial charge in [-0.05, 0) is 38.4 Å². The Hall–Kier alpha value is 0.0500. The van der Waals surface area contributed by atoms with Crippen LogP contribution in [0, 0.1) is 5.41 Å². The summed E-state index contributed by atoms with van der Waals surface area (Å²) in [6.45, 7) is 4.83. The lowest BCUT2D eigenvalue weighted by atomic mass is 9.79. The van der Waals surface area contributed by atoms with Gasteiger partial charge in [-0.3, -0.25) is 0 Å². The fourth-order valence-corrected chi connectivity index (χ4v) is 4.35. The SMILES string of the molecule is C=CCC12CCCC1(SC)OCC2. The van der Waals surface area contributed by atoms with Crippen molar-refractivity contribution in [3.63, 3.8) is 0 Å². The summed E-state index contributed by atoms with van der Waals surface area (Å²) in [5, 5.41) is 0. The first-order valence-electron chi connectivity index (χ1n) is 5.09. The van der Waals surface area contributed by atoms with Crippen molar-refractivity contribution in [1.82, 2.24) is 0 Å². The van der Waals surface area contributed by atoms with Gasteiger partial charge in [0.1, 0.15) is 4.93 Å². The monoisotopic (exact) mass is 198 g/mol. The predicted octanol–water partition coefficient (Wildman–Crippen LogP) is 3.21. The molecule has 1 aliphatic heterocycles. The number of hydrogen-bond acceptors (Lipinski definition) is 2. The Balaban J connectivity index is 2.27. The third kappa shape index (κ3) is 1.18. The van der Waals surface area contributed by atoms with E-state index >= 15 is 0 Å². The van der Waals surface area contributed by atoms with Gasteiger partial charge in [0.05, 0.1) is 0 Å². The number of hydrogen-bond donors (Lipinski definition) is 0. The van der Waals surface area contributed by atoms with Crippen molar-refractivity contribution in [3.8, 4) is 0 Å². The van der Waals surface area contributed by atoms with Crippen LogP contribution in [0.3, 0.4) is 0 Å². The number of thioether (sulfide) groups is 1. The van der Waals surface area contributed by atoms with E-state index in [1.54, 1.807) is 0 Å². The van der Waals surface area contributed by atoms with Crippen LogP contribution < -0.4 is 0 Å². The summed E-state index contributed by atoms with van der Waals surface area (Å²) >= 11 is 1.92. The summed E-state index contributed by atoms with van der Waals surface area (Å²) < 4.78 is 5.98. The highest BCUT2D eigenvalue weighted by molar-refractivity contribution is 7.99. The smallest absolute Gasteiger partial charge is 0.119 e. The second kappa shape index (κ2) is 3.32. The number of allylic oxidation sites excluding steroid dienone is 1. The molecule has 1 saturated heterocycles. The Morgan fingerprint density at radius 1 is 1.46 bits per heavy atom. The molecule has 0 N–H and O–H groups in total. The largest absolute Gasteiger partial charge is 0.364 e. The summed E-state index contributed by atoms with van der Waals surface area (Å²) in [7, 11) is 0. The third-order valence-corrected chi connectivity index (χ3v) is 5.16. The maximum Gasteiger partial charge on any atom is 0.119 e. The molecule has 13 heavy (non-hydrogen) atoms. The van der Waals surface area contributed by atoms with E-state index in [-0.39, 0.29) is 4.93 Å². The molecule has 0 aromatic carbocycles. The lowest BCUT2D eigenvalue weighted by molar-refractivity contribution is 0.0391. The molecule has 0 bridgehead atoms. The Bertz CT molecular complexity index is 202. The Morgan fingerprint density at radius 2 is 2.31 bits per heavy atom. The summed E-state index contributed by atoms with van der Waals surface area (Å²) in [5.74, 6) is 0. The summed E-state index contributed by atoms with van der Waals surface area (Å²) in [6.07, 6.45) is 10.5. The molecule has 0 aromatic heterocycles. The van der Waals surface area contributed by atoms with Gasteiger partial charge in [-0.2, -0.15) is 0 Å². The molecule has 1 saturated carbocycles. The zero-order valence-electron chi connectivity index (χ0n) is 8.34. The van der Waals surface area contributed by atoms with Crippen molar-refractivity contribution in [2.24, 2.45) is 5.41 Å². The van der Waals surface area contributed by atoms with Crippen LogP contribution >= 0.6 is 11.8 Å². The fourth-order valence-electron chi connectivity index (χ4n) is 3.08. The van der Waals surface area contributed by atoms with Gasteiger partial charge in [0, 0.05) is 12.0 Å². The molecule has 2 aliphatic rings. The van der Waals surface area contributed by atoms with Gasteiger partial charge in [-0.15, -0.1) is 18.3 Å². The molecular formula is C11H18OS. The van der Waals surface area contributed by atoms with Crippen LogP contribution in [0.4, 0.5) is 0 Å². The van der Waals surface area contributed by atoms with E-state index in [0.29, 0.717) is 5.41 Å². The lowest BCUT2D eigenvalue weighted by Gasteiger charge is -2.37. The van der Waals surface area contributed by atoms with E-state index in [1.165, 1.54) is 25.7 Å². The second-order valence-electron chi connectivity index (χ2n) is 4.18. The number of ether oxygens (including phenoxy) is 1. The summed E-state index contributed by atoms with van der Waals surface area (Å²) in [5.41, 5.74) is 0.425. The average molecular weight is 198 g/mol. The van der Waals surface area contributed by atoms with Crippen LogP contribution in [0.5, 0.6) is 0 Å². The van der Waals surface area contributed by atoms with Crippen LogP contribution in [-0.2, 0) is 4.74 Å². The lowest BCUT2D eigenvalue weighted by Crippen LogP contribution is -2.36. The molecule has 2 unspecified atom stereocenters. The molecular weight excluding hydrogens is 180 g/mol. The molecule has 0 spiro atoms. The molecule has 2 fully saturated rings. The minimum Gasteiger partial charge on any atom is -0.364 e. The fraction of sp³-hybridized carbons (Fsp3) is 0.818. The first-order chi connectivity index (χ1) is 6.29. The predicted molar refractivity (Wildman–Crippen MR) is 57.9 cm³/mol. The van der Waals surface area contributed by atoms with Crippen molar-refractivity contribution < 1.29 is 4.74 Å². The van der Waals surface area contributed by atoms with Gasteiger partial charge in [0.25, 0.3) is 0 Å². The molecule has 1 aliphatic carbocycles. The molecule has 0 radical (unpaired) electrons. The quantitative estimate of drug-likeness (QED) is 0.644. The zero-order chi connectivity index (χ0) is 9.36. The number of rotatable bonds is 3. The average Bonchev–Trinajstić information content (AvgIpc) is 2.59. The van der Waals surface area contributed by atoms with Crippen LogP contribution in [-0.4, -0.2) is 17.8 Å². The molecule has 1 heterocycles. The second-order valence-corrected chi connectivity index (χ2v) is 5.25. The van der Waals surface area contributed by atoms with E-state index in [0.717, 1.165) is 13.0 Å². The minimum absolute atomic E-state index is 0.140. The number of fused-ring (bicyclic) bond motifs is 1. The molecule has 1 nitrogen and oxygen atoms in total. The van der Waals surface area contributed by atoms with Crippen molar-refractivity contribution >= 4 is 11.8 Å². The van der Waals surface area contributed by atoms with Crippen LogP contribution in [0.1, 0.15) is 32.1 Å². The summed E-state index contributed by atoms with van der Waals surface area (Å²) in [6, 6.07) is 0. The van der Waals surface area contributed by atoms with E-state index < -0.39 is 0 Å². The normalized spacial score (nSPS) is 43.5. The first kappa shape index (κ1) is 9.60. The highest BCUT2D eigenvalue weighted by atomic mass is 32.2. The zero-order valence-corrected chi connectivity index (χ0v) is 9.16. The highest BCUT2D eigenvalue weighted by Crippen LogP contribution is 2.61. The van der Waals surface area contributed by atoms with Crippen molar-refractivity contribution in [2.45, 2.75) is 37.0 Å². The van der Waals surface area contributed by atoms with E-state index in [2.05, 4.69) is 18.9 Å². The van der Waals surface area contributed by atoms with Crippen LogP contribution in [0.2, 0.25) is 0 Å². The maximum atomic E-state index is 5.98. The van der Waals surface area contributed by atoms with Gasteiger partial charge in [-0.25, -0.2) is 0 Å². The van der Waals surface area contributed by atoms with E-state index in [9.17, 15) is 0 Å². The minimum atomic E-state index is 0.140. The molecule has 2 rings (SSSR count). The van der Waals surface area contributed by atoms with Gasteiger partial charge in [0.15, 0.2) is 0 Å². The standard InChI is InChI=1S/C11H18OS/c1-3-5-10-6-4-7-11(10,13-2)12-9-8-10/h3H,1,4-9H2,2H3. The molecule has 2 heteroatoms. The molecule has 2 atom stereocenters. The van der Waals surface area contributed by atoms with E-state index in [4.69, 9.17) is 4.74 Å². The Labute approximate surface area is 84.9 Å². The van der Waals surface area contributed by atoms with Crippen LogP contribution in [0.25, 0.3) is 0 Å². The maximum absolute atomic E-state index is 5.98.